The van der Waals surface area contributed by atoms with E-state index in [0.29, 0.717) is 5.56 Å². The molecule has 0 radical (unpaired) electrons. The summed E-state index contributed by atoms with van der Waals surface area (Å²) in [4.78, 5) is 11.8. The summed E-state index contributed by atoms with van der Waals surface area (Å²) in [5, 5.41) is 9.47. The number of amides is 1. The van der Waals surface area contributed by atoms with Crippen LogP contribution < -0.4 is 5.32 Å². The van der Waals surface area contributed by atoms with Crippen molar-refractivity contribution in [2.75, 3.05) is 0 Å². The van der Waals surface area contributed by atoms with E-state index in [-0.39, 0.29) is 11.9 Å². The average molecular weight is 215 g/mol. The minimum Gasteiger partial charge on any atom is -0.345 e. The Morgan fingerprint density at radius 3 is 2.75 bits per heavy atom. The van der Waals surface area contributed by atoms with E-state index in [9.17, 15) is 4.79 Å². The fourth-order valence-corrected chi connectivity index (χ4v) is 1.45. The van der Waals surface area contributed by atoms with Gasteiger partial charge in [0.15, 0.2) is 0 Å². The highest BCUT2D eigenvalue weighted by Crippen LogP contribution is 2.10. The van der Waals surface area contributed by atoms with Crippen LogP contribution in [0.4, 0.5) is 0 Å². The normalized spacial score (nSPS) is 12.1. The monoisotopic (exact) mass is 215 g/mol. The first-order valence-electron chi connectivity index (χ1n) is 5.12. The minimum atomic E-state index is -0.0747. The largest absolute Gasteiger partial charge is 0.345 e. The van der Waals surface area contributed by atoms with E-state index in [0.717, 1.165) is 5.56 Å². The SMILES string of the molecule is CC(NC(=O)c1ccccc1)c1cn[nH]c1. The molecule has 2 rings (SSSR count). The number of carbonyl (C=O) groups is 1. The Labute approximate surface area is 93.7 Å². The van der Waals surface area contributed by atoms with Crippen LogP contribution in [-0.4, -0.2) is 16.1 Å². The zero-order valence-electron chi connectivity index (χ0n) is 8.97. The van der Waals surface area contributed by atoms with E-state index in [1.54, 1.807) is 24.5 Å². The second-order valence-electron chi connectivity index (χ2n) is 3.59. The quantitative estimate of drug-likeness (QED) is 0.821. The molecule has 0 saturated carbocycles. The summed E-state index contributed by atoms with van der Waals surface area (Å²) in [6, 6.07) is 9.10. The predicted octanol–water partition coefficient (Wildman–Crippen LogP) is 1.90. The van der Waals surface area contributed by atoms with E-state index < -0.39 is 0 Å². The maximum atomic E-state index is 11.8. The van der Waals surface area contributed by atoms with Crippen LogP contribution in [0.25, 0.3) is 0 Å². The second kappa shape index (κ2) is 4.61. The minimum absolute atomic E-state index is 0.0496. The first-order valence-corrected chi connectivity index (χ1v) is 5.12. The summed E-state index contributed by atoms with van der Waals surface area (Å²) in [5.41, 5.74) is 1.63. The molecule has 0 saturated heterocycles. The van der Waals surface area contributed by atoms with Crippen molar-refractivity contribution in [1.82, 2.24) is 15.5 Å². The van der Waals surface area contributed by atoms with Crippen molar-refractivity contribution >= 4 is 5.91 Å². The van der Waals surface area contributed by atoms with Crippen molar-refractivity contribution in [2.45, 2.75) is 13.0 Å². The van der Waals surface area contributed by atoms with Crippen LogP contribution in [0, 0.1) is 0 Å². The fourth-order valence-electron chi connectivity index (χ4n) is 1.45. The molecule has 2 N–H and O–H groups in total. The van der Waals surface area contributed by atoms with E-state index in [1.165, 1.54) is 0 Å². The van der Waals surface area contributed by atoms with Crippen LogP contribution in [0.3, 0.4) is 0 Å². The van der Waals surface area contributed by atoms with Gasteiger partial charge in [0, 0.05) is 17.3 Å². The number of aromatic nitrogens is 2. The third kappa shape index (κ3) is 2.28. The zero-order valence-corrected chi connectivity index (χ0v) is 8.97. The Hall–Kier alpha value is -2.10. The average Bonchev–Trinajstić information content (AvgIpc) is 2.83. The van der Waals surface area contributed by atoms with Gasteiger partial charge in [-0.15, -0.1) is 0 Å². The van der Waals surface area contributed by atoms with Gasteiger partial charge in [-0.25, -0.2) is 0 Å². The van der Waals surface area contributed by atoms with Gasteiger partial charge in [0.05, 0.1) is 12.2 Å². The van der Waals surface area contributed by atoms with E-state index in [2.05, 4.69) is 15.5 Å². The molecule has 82 valence electrons. The number of H-pyrrole nitrogens is 1. The number of aromatic amines is 1. The topological polar surface area (TPSA) is 57.8 Å². The summed E-state index contributed by atoms with van der Waals surface area (Å²) in [6.07, 6.45) is 3.48. The maximum absolute atomic E-state index is 11.8. The lowest BCUT2D eigenvalue weighted by Crippen LogP contribution is -2.26. The number of hydrogen-bond acceptors (Lipinski definition) is 2. The number of nitrogens with one attached hydrogen (secondary N) is 2. The summed E-state index contributed by atoms with van der Waals surface area (Å²) >= 11 is 0. The highest BCUT2D eigenvalue weighted by atomic mass is 16.1. The van der Waals surface area contributed by atoms with Crippen molar-refractivity contribution in [3.63, 3.8) is 0 Å². The molecule has 1 unspecified atom stereocenters. The van der Waals surface area contributed by atoms with Crippen LogP contribution in [0.5, 0.6) is 0 Å². The van der Waals surface area contributed by atoms with Crippen molar-refractivity contribution < 1.29 is 4.79 Å². The van der Waals surface area contributed by atoms with E-state index in [1.807, 2.05) is 25.1 Å². The van der Waals surface area contributed by atoms with Crippen LogP contribution in [-0.2, 0) is 0 Å². The molecule has 4 nitrogen and oxygen atoms in total. The van der Waals surface area contributed by atoms with E-state index in [4.69, 9.17) is 0 Å². The molecule has 1 amide bonds. The van der Waals surface area contributed by atoms with Gasteiger partial charge in [0.25, 0.3) is 5.91 Å². The molecule has 0 bridgehead atoms. The lowest BCUT2D eigenvalue weighted by Gasteiger charge is -2.11. The van der Waals surface area contributed by atoms with Crippen molar-refractivity contribution in [3.8, 4) is 0 Å². The standard InChI is InChI=1S/C12H13N3O/c1-9(11-7-13-14-8-11)15-12(16)10-5-3-2-4-6-10/h2-9H,1H3,(H,13,14)(H,15,16). The number of benzene rings is 1. The number of carbonyl (C=O) groups excluding carboxylic acids is 1. The van der Waals surface area contributed by atoms with Gasteiger partial charge in [-0.1, -0.05) is 18.2 Å². The Kier molecular flexibility index (Phi) is 3.00. The molecular formula is C12H13N3O. The molecule has 1 aromatic heterocycles. The van der Waals surface area contributed by atoms with Crippen molar-refractivity contribution in [1.29, 1.82) is 0 Å². The molecule has 1 heterocycles. The Morgan fingerprint density at radius 2 is 2.12 bits per heavy atom. The van der Waals surface area contributed by atoms with Gasteiger partial charge < -0.3 is 5.32 Å². The highest BCUT2D eigenvalue weighted by molar-refractivity contribution is 5.94. The van der Waals surface area contributed by atoms with Crippen molar-refractivity contribution in [2.24, 2.45) is 0 Å². The predicted molar refractivity (Wildman–Crippen MR) is 60.9 cm³/mol. The molecule has 0 aliphatic heterocycles. The molecule has 0 aliphatic carbocycles. The van der Waals surface area contributed by atoms with Crippen LogP contribution in [0.1, 0.15) is 28.9 Å². The number of nitrogens with zero attached hydrogens (tertiary/aromatic N) is 1. The van der Waals surface area contributed by atoms with Crippen LogP contribution >= 0.6 is 0 Å². The first-order chi connectivity index (χ1) is 7.77. The smallest absolute Gasteiger partial charge is 0.251 e. The lowest BCUT2D eigenvalue weighted by molar-refractivity contribution is 0.0940. The number of hydrogen-bond donors (Lipinski definition) is 2. The van der Waals surface area contributed by atoms with Gasteiger partial charge in [0.1, 0.15) is 0 Å². The fraction of sp³-hybridized carbons (Fsp3) is 0.167. The van der Waals surface area contributed by atoms with Crippen LogP contribution in [0.2, 0.25) is 0 Å². The third-order valence-electron chi connectivity index (χ3n) is 2.40. The molecule has 0 fully saturated rings. The van der Waals surface area contributed by atoms with Crippen LogP contribution in [0.15, 0.2) is 42.7 Å². The summed E-state index contributed by atoms with van der Waals surface area (Å²) < 4.78 is 0. The molecule has 0 aliphatic rings. The number of rotatable bonds is 3. The lowest BCUT2D eigenvalue weighted by atomic mass is 10.1. The molecule has 4 heteroatoms. The molecule has 2 aromatic rings. The summed E-state index contributed by atoms with van der Waals surface area (Å²) in [7, 11) is 0. The molecule has 1 atom stereocenters. The Balaban J connectivity index is 2.03. The molecular weight excluding hydrogens is 202 g/mol. The summed E-state index contributed by atoms with van der Waals surface area (Å²) in [5.74, 6) is -0.0747. The zero-order chi connectivity index (χ0) is 11.4. The third-order valence-corrected chi connectivity index (χ3v) is 2.40. The maximum Gasteiger partial charge on any atom is 0.251 e. The molecule has 0 spiro atoms. The molecule has 1 aromatic carbocycles. The van der Waals surface area contributed by atoms with E-state index >= 15 is 0 Å². The van der Waals surface area contributed by atoms with Crippen molar-refractivity contribution in [3.05, 3.63) is 53.9 Å². The van der Waals surface area contributed by atoms with Gasteiger partial charge in [-0.05, 0) is 19.1 Å². The van der Waals surface area contributed by atoms with Gasteiger partial charge in [-0.2, -0.15) is 5.10 Å². The molecule has 16 heavy (non-hydrogen) atoms. The first kappa shape index (κ1) is 10.4. The Morgan fingerprint density at radius 1 is 1.38 bits per heavy atom. The summed E-state index contributed by atoms with van der Waals surface area (Å²) in [6.45, 7) is 1.92. The second-order valence-corrected chi connectivity index (χ2v) is 3.59. The van der Waals surface area contributed by atoms with Gasteiger partial charge in [0.2, 0.25) is 0 Å². The highest BCUT2D eigenvalue weighted by Gasteiger charge is 2.11. The van der Waals surface area contributed by atoms with Gasteiger partial charge in [-0.3, -0.25) is 9.89 Å². The Bertz CT molecular complexity index is 450. The van der Waals surface area contributed by atoms with Gasteiger partial charge >= 0.3 is 0 Å².